The molecule has 74 valence electrons. The van der Waals surface area contributed by atoms with Gasteiger partial charge >= 0.3 is 5.97 Å². The van der Waals surface area contributed by atoms with Gasteiger partial charge in [-0.25, -0.2) is 4.79 Å². The molecule has 0 radical (unpaired) electrons. The summed E-state index contributed by atoms with van der Waals surface area (Å²) in [5.74, 6) is -0.267. The van der Waals surface area contributed by atoms with Crippen molar-refractivity contribution >= 4 is 5.97 Å². The molecule has 15 heavy (non-hydrogen) atoms. The molecule has 2 aromatic rings. The maximum atomic E-state index is 11.6. The zero-order valence-electron chi connectivity index (χ0n) is 8.01. The molecule has 0 atom stereocenters. The van der Waals surface area contributed by atoms with Gasteiger partial charge in [-0.2, -0.15) is 0 Å². The van der Waals surface area contributed by atoms with Crippen molar-refractivity contribution in [2.45, 2.75) is 6.61 Å². The minimum Gasteiger partial charge on any atom is -0.456 e. The number of carbonyl (C=O) groups excluding carboxylic acids is 1. The zero-order valence-corrected chi connectivity index (χ0v) is 8.01. The van der Waals surface area contributed by atoms with Gasteiger partial charge in [0.05, 0.1) is 5.69 Å². The predicted molar refractivity (Wildman–Crippen MR) is 54.9 cm³/mol. The van der Waals surface area contributed by atoms with E-state index in [-0.39, 0.29) is 5.97 Å². The van der Waals surface area contributed by atoms with Crippen molar-refractivity contribution in [3.8, 4) is 5.69 Å². The van der Waals surface area contributed by atoms with Gasteiger partial charge in [0.15, 0.2) is 0 Å². The first-order chi connectivity index (χ1) is 7.36. The fraction of sp³-hybridized carbons (Fsp3) is 0.0833. The van der Waals surface area contributed by atoms with Crippen LogP contribution in [0.1, 0.15) is 16.1 Å². The molecule has 0 N–H and O–H groups in total. The first-order valence-corrected chi connectivity index (χ1v) is 4.79. The lowest BCUT2D eigenvalue weighted by molar-refractivity contribution is 0.0473. The van der Waals surface area contributed by atoms with Crippen molar-refractivity contribution in [1.29, 1.82) is 0 Å². The fourth-order valence-corrected chi connectivity index (χ4v) is 1.84. The summed E-state index contributed by atoms with van der Waals surface area (Å²) in [5.41, 5.74) is 2.63. The van der Waals surface area contributed by atoms with Crippen LogP contribution in [0.15, 0.2) is 42.6 Å². The van der Waals surface area contributed by atoms with Crippen molar-refractivity contribution in [3.05, 3.63) is 53.9 Å². The van der Waals surface area contributed by atoms with Gasteiger partial charge in [0, 0.05) is 11.8 Å². The molecule has 2 heterocycles. The van der Waals surface area contributed by atoms with E-state index in [4.69, 9.17) is 4.74 Å². The lowest BCUT2D eigenvalue weighted by Crippen LogP contribution is -2.05. The number of para-hydroxylation sites is 1. The number of hydrogen-bond donors (Lipinski definition) is 0. The minimum absolute atomic E-state index is 0.267. The summed E-state index contributed by atoms with van der Waals surface area (Å²) in [5, 5.41) is 0. The lowest BCUT2D eigenvalue weighted by Gasteiger charge is -2.06. The van der Waals surface area contributed by atoms with Crippen LogP contribution in [0.25, 0.3) is 5.69 Å². The molecule has 3 heteroatoms. The standard InChI is InChI=1S/C12H9NO2/c14-12-11-6-3-7-13(11)10-5-2-1-4-9(10)8-15-12/h1-7H,8H2. The number of cyclic esters (lactones) is 1. The number of rotatable bonds is 0. The van der Waals surface area contributed by atoms with E-state index in [1.807, 2.05) is 41.1 Å². The maximum absolute atomic E-state index is 11.6. The van der Waals surface area contributed by atoms with Crippen LogP contribution in [-0.2, 0) is 11.3 Å². The monoisotopic (exact) mass is 199 g/mol. The molecule has 0 aliphatic carbocycles. The van der Waals surface area contributed by atoms with Crippen LogP contribution >= 0.6 is 0 Å². The zero-order chi connectivity index (χ0) is 10.3. The van der Waals surface area contributed by atoms with Gasteiger partial charge in [-0.3, -0.25) is 0 Å². The van der Waals surface area contributed by atoms with Crippen LogP contribution in [0.2, 0.25) is 0 Å². The van der Waals surface area contributed by atoms with Gasteiger partial charge in [0.1, 0.15) is 12.3 Å². The third-order valence-electron chi connectivity index (χ3n) is 2.57. The van der Waals surface area contributed by atoms with Crippen LogP contribution < -0.4 is 0 Å². The van der Waals surface area contributed by atoms with E-state index >= 15 is 0 Å². The van der Waals surface area contributed by atoms with Gasteiger partial charge in [0.25, 0.3) is 0 Å². The Balaban J connectivity index is 2.31. The van der Waals surface area contributed by atoms with Crippen LogP contribution in [-0.4, -0.2) is 10.5 Å². The molecule has 1 aromatic carbocycles. The molecular formula is C12H9NO2. The number of hydrogen-bond acceptors (Lipinski definition) is 2. The number of carbonyl (C=O) groups is 1. The molecule has 3 nitrogen and oxygen atoms in total. The van der Waals surface area contributed by atoms with Gasteiger partial charge in [-0.15, -0.1) is 0 Å². The molecule has 1 aliphatic heterocycles. The Morgan fingerprint density at radius 1 is 1.13 bits per heavy atom. The quantitative estimate of drug-likeness (QED) is 0.609. The Labute approximate surface area is 86.9 Å². The number of ether oxygens (including phenoxy) is 1. The van der Waals surface area contributed by atoms with E-state index < -0.39 is 0 Å². The van der Waals surface area contributed by atoms with E-state index in [9.17, 15) is 4.79 Å². The first kappa shape index (κ1) is 8.29. The number of fused-ring (bicyclic) bond motifs is 3. The molecule has 0 spiro atoms. The molecule has 1 aromatic heterocycles. The lowest BCUT2D eigenvalue weighted by atomic mass is 10.2. The summed E-state index contributed by atoms with van der Waals surface area (Å²) < 4.78 is 7.02. The maximum Gasteiger partial charge on any atom is 0.355 e. The van der Waals surface area contributed by atoms with Gasteiger partial charge in [-0.05, 0) is 18.2 Å². The fourth-order valence-electron chi connectivity index (χ4n) is 1.84. The highest BCUT2D eigenvalue weighted by Crippen LogP contribution is 2.22. The third-order valence-corrected chi connectivity index (χ3v) is 2.57. The number of esters is 1. The number of aromatic nitrogens is 1. The highest BCUT2D eigenvalue weighted by molar-refractivity contribution is 5.89. The second kappa shape index (κ2) is 2.98. The molecular weight excluding hydrogens is 190 g/mol. The third kappa shape index (κ3) is 1.16. The molecule has 0 amide bonds. The highest BCUT2D eigenvalue weighted by atomic mass is 16.5. The Morgan fingerprint density at radius 3 is 2.93 bits per heavy atom. The van der Waals surface area contributed by atoms with E-state index in [1.165, 1.54) is 0 Å². The summed E-state index contributed by atoms with van der Waals surface area (Å²) in [6.07, 6.45) is 1.88. The van der Waals surface area contributed by atoms with Crippen LogP contribution in [0.3, 0.4) is 0 Å². The molecule has 0 unspecified atom stereocenters. The highest BCUT2D eigenvalue weighted by Gasteiger charge is 2.19. The van der Waals surface area contributed by atoms with Gasteiger partial charge in [-0.1, -0.05) is 18.2 Å². The summed E-state index contributed by atoms with van der Waals surface area (Å²) in [6, 6.07) is 11.5. The number of benzene rings is 1. The van der Waals surface area contributed by atoms with Gasteiger partial charge < -0.3 is 9.30 Å². The van der Waals surface area contributed by atoms with E-state index in [0.29, 0.717) is 12.3 Å². The molecule has 1 aliphatic rings. The summed E-state index contributed by atoms with van der Waals surface area (Å²) in [4.78, 5) is 11.6. The van der Waals surface area contributed by atoms with Crippen LogP contribution in [0.4, 0.5) is 0 Å². The number of nitrogens with zero attached hydrogens (tertiary/aromatic N) is 1. The topological polar surface area (TPSA) is 31.2 Å². The van der Waals surface area contributed by atoms with Crippen molar-refractivity contribution in [3.63, 3.8) is 0 Å². The average Bonchev–Trinajstić information content (AvgIpc) is 2.71. The second-order valence-corrected chi connectivity index (χ2v) is 3.47. The van der Waals surface area contributed by atoms with Crippen LogP contribution in [0.5, 0.6) is 0 Å². The predicted octanol–water partition coefficient (Wildman–Crippen LogP) is 2.15. The van der Waals surface area contributed by atoms with Crippen molar-refractivity contribution in [2.24, 2.45) is 0 Å². The normalized spacial score (nSPS) is 13.7. The van der Waals surface area contributed by atoms with E-state index in [1.54, 1.807) is 6.07 Å². The van der Waals surface area contributed by atoms with Crippen molar-refractivity contribution < 1.29 is 9.53 Å². The molecule has 0 saturated heterocycles. The second-order valence-electron chi connectivity index (χ2n) is 3.47. The van der Waals surface area contributed by atoms with Crippen molar-refractivity contribution in [1.82, 2.24) is 4.57 Å². The molecule has 3 rings (SSSR count). The van der Waals surface area contributed by atoms with Crippen molar-refractivity contribution in [2.75, 3.05) is 0 Å². The Kier molecular flexibility index (Phi) is 1.65. The SMILES string of the molecule is O=C1OCc2ccccc2-n2cccc21. The summed E-state index contributed by atoms with van der Waals surface area (Å²) in [6.45, 7) is 0.344. The molecule has 0 saturated carbocycles. The van der Waals surface area contributed by atoms with E-state index in [0.717, 1.165) is 11.3 Å². The molecule has 0 fully saturated rings. The first-order valence-electron chi connectivity index (χ1n) is 4.79. The largest absolute Gasteiger partial charge is 0.456 e. The Morgan fingerprint density at radius 2 is 2.00 bits per heavy atom. The smallest absolute Gasteiger partial charge is 0.355 e. The van der Waals surface area contributed by atoms with Crippen LogP contribution in [0, 0.1) is 0 Å². The average molecular weight is 199 g/mol. The Hall–Kier alpha value is -2.03. The van der Waals surface area contributed by atoms with E-state index in [2.05, 4.69) is 0 Å². The summed E-state index contributed by atoms with van der Waals surface area (Å²) in [7, 11) is 0. The Bertz CT molecular complexity index is 528. The van der Waals surface area contributed by atoms with Gasteiger partial charge in [0.2, 0.25) is 0 Å². The minimum atomic E-state index is -0.267. The molecule has 0 bridgehead atoms. The summed E-state index contributed by atoms with van der Waals surface area (Å²) >= 11 is 0.